The molecule has 0 saturated heterocycles. The molecule has 0 aliphatic heterocycles. The van der Waals surface area contributed by atoms with E-state index in [1.807, 2.05) is 25.1 Å². The van der Waals surface area contributed by atoms with Crippen molar-refractivity contribution in [2.24, 2.45) is 0 Å². The molecule has 7 heteroatoms. The number of rotatable bonds is 5. The van der Waals surface area contributed by atoms with Gasteiger partial charge in [0.1, 0.15) is 0 Å². The van der Waals surface area contributed by atoms with Gasteiger partial charge >= 0.3 is 0 Å². The molecule has 1 aromatic heterocycles. The SMILES string of the molecule is Cc1cc(N)ccc1-c1nnnn1CCCS(C)=O. The zero-order chi connectivity index (χ0) is 13.8. The summed E-state index contributed by atoms with van der Waals surface area (Å²) in [5.74, 6) is 1.37. The summed E-state index contributed by atoms with van der Waals surface area (Å²) >= 11 is 0. The largest absolute Gasteiger partial charge is 0.399 e. The predicted molar refractivity (Wildman–Crippen MR) is 76.0 cm³/mol. The monoisotopic (exact) mass is 279 g/mol. The Hall–Kier alpha value is -1.76. The van der Waals surface area contributed by atoms with Gasteiger partial charge in [0, 0.05) is 40.6 Å². The normalized spacial score (nSPS) is 12.5. The van der Waals surface area contributed by atoms with E-state index in [0.717, 1.165) is 29.1 Å². The average molecular weight is 279 g/mol. The Morgan fingerprint density at radius 3 is 2.89 bits per heavy atom. The topological polar surface area (TPSA) is 86.7 Å². The molecule has 0 saturated carbocycles. The van der Waals surface area contributed by atoms with Gasteiger partial charge in [-0.2, -0.15) is 0 Å². The van der Waals surface area contributed by atoms with Gasteiger partial charge in [-0.05, 0) is 47.5 Å². The van der Waals surface area contributed by atoms with Crippen molar-refractivity contribution in [3.63, 3.8) is 0 Å². The van der Waals surface area contributed by atoms with Crippen LogP contribution in [0.3, 0.4) is 0 Å². The van der Waals surface area contributed by atoms with Gasteiger partial charge in [-0.15, -0.1) is 5.10 Å². The fourth-order valence-corrected chi connectivity index (χ4v) is 2.44. The van der Waals surface area contributed by atoms with Crippen LogP contribution in [0.4, 0.5) is 5.69 Å². The average Bonchev–Trinajstić information content (AvgIpc) is 2.77. The van der Waals surface area contributed by atoms with E-state index in [1.54, 1.807) is 10.9 Å². The van der Waals surface area contributed by atoms with Gasteiger partial charge in [0.25, 0.3) is 0 Å². The van der Waals surface area contributed by atoms with E-state index in [-0.39, 0.29) is 0 Å². The molecule has 2 aromatic rings. The fraction of sp³-hybridized carbons (Fsp3) is 0.417. The minimum absolute atomic E-state index is 0.653. The lowest BCUT2D eigenvalue weighted by Crippen LogP contribution is -2.07. The van der Waals surface area contributed by atoms with Crippen molar-refractivity contribution < 1.29 is 4.21 Å². The molecule has 0 fully saturated rings. The van der Waals surface area contributed by atoms with Crippen molar-refractivity contribution in [1.29, 1.82) is 0 Å². The minimum Gasteiger partial charge on any atom is -0.399 e. The molecular weight excluding hydrogens is 262 g/mol. The van der Waals surface area contributed by atoms with E-state index in [2.05, 4.69) is 15.5 Å². The van der Waals surface area contributed by atoms with E-state index in [9.17, 15) is 4.21 Å². The van der Waals surface area contributed by atoms with E-state index in [1.165, 1.54) is 0 Å². The van der Waals surface area contributed by atoms with Crippen molar-refractivity contribution in [3.05, 3.63) is 23.8 Å². The van der Waals surface area contributed by atoms with Gasteiger partial charge in [0.15, 0.2) is 5.82 Å². The number of aryl methyl sites for hydroxylation is 2. The zero-order valence-electron chi connectivity index (χ0n) is 11.0. The molecule has 102 valence electrons. The first-order chi connectivity index (χ1) is 9.08. The summed E-state index contributed by atoms with van der Waals surface area (Å²) < 4.78 is 12.8. The molecule has 0 amide bonds. The summed E-state index contributed by atoms with van der Waals surface area (Å²) in [6, 6.07) is 5.66. The van der Waals surface area contributed by atoms with E-state index >= 15 is 0 Å². The van der Waals surface area contributed by atoms with Gasteiger partial charge < -0.3 is 5.73 Å². The number of anilines is 1. The van der Waals surface area contributed by atoms with Crippen LogP contribution in [0.2, 0.25) is 0 Å². The van der Waals surface area contributed by atoms with E-state index in [0.29, 0.717) is 12.3 Å². The first kappa shape index (κ1) is 13.7. The zero-order valence-corrected chi connectivity index (χ0v) is 11.9. The quantitative estimate of drug-likeness (QED) is 0.825. The van der Waals surface area contributed by atoms with Crippen LogP contribution in [0, 0.1) is 6.92 Å². The molecule has 2 N–H and O–H groups in total. The van der Waals surface area contributed by atoms with Crippen LogP contribution in [-0.2, 0) is 17.3 Å². The molecule has 1 unspecified atom stereocenters. The molecule has 1 atom stereocenters. The molecule has 2 rings (SSSR count). The van der Waals surface area contributed by atoms with Crippen LogP contribution in [0.1, 0.15) is 12.0 Å². The van der Waals surface area contributed by atoms with Crippen LogP contribution in [0.15, 0.2) is 18.2 Å². The third-order valence-electron chi connectivity index (χ3n) is 2.82. The van der Waals surface area contributed by atoms with Crippen LogP contribution >= 0.6 is 0 Å². The van der Waals surface area contributed by atoms with Crippen molar-refractivity contribution in [2.75, 3.05) is 17.7 Å². The molecule has 1 aromatic carbocycles. The predicted octanol–water partition coefficient (Wildman–Crippen LogP) is 0.999. The Kier molecular flexibility index (Phi) is 4.26. The number of nitrogen functional groups attached to an aromatic ring is 1. The first-order valence-corrected chi connectivity index (χ1v) is 7.73. The van der Waals surface area contributed by atoms with Crippen molar-refractivity contribution in [3.8, 4) is 11.4 Å². The second-order valence-electron chi connectivity index (χ2n) is 4.43. The maximum Gasteiger partial charge on any atom is 0.182 e. The lowest BCUT2D eigenvalue weighted by atomic mass is 10.1. The van der Waals surface area contributed by atoms with Gasteiger partial charge in [-0.25, -0.2) is 4.68 Å². The maximum absolute atomic E-state index is 11.1. The molecule has 1 heterocycles. The molecule has 0 radical (unpaired) electrons. The number of hydrogen-bond donors (Lipinski definition) is 1. The fourth-order valence-electron chi connectivity index (χ4n) is 1.90. The maximum atomic E-state index is 11.1. The lowest BCUT2D eigenvalue weighted by Gasteiger charge is -2.07. The van der Waals surface area contributed by atoms with Crippen LogP contribution < -0.4 is 5.73 Å². The Morgan fingerprint density at radius 2 is 2.21 bits per heavy atom. The van der Waals surface area contributed by atoms with E-state index in [4.69, 9.17) is 5.73 Å². The molecule has 6 nitrogen and oxygen atoms in total. The van der Waals surface area contributed by atoms with Crippen LogP contribution in [0.5, 0.6) is 0 Å². The summed E-state index contributed by atoms with van der Waals surface area (Å²) in [5, 5.41) is 11.8. The Bertz CT molecular complexity index is 596. The second kappa shape index (κ2) is 5.92. The molecule has 0 aliphatic rings. The van der Waals surface area contributed by atoms with Gasteiger partial charge in [-0.3, -0.25) is 4.21 Å². The highest BCUT2D eigenvalue weighted by Gasteiger charge is 2.11. The van der Waals surface area contributed by atoms with Crippen molar-refractivity contribution >= 4 is 16.5 Å². The van der Waals surface area contributed by atoms with Crippen molar-refractivity contribution in [2.45, 2.75) is 19.9 Å². The van der Waals surface area contributed by atoms with Crippen molar-refractivity contribution in [1.82, 2.24) is 20.2 Å². The summed E-state index contributed by atoms with van der Waals surface area (Å²) in [4.78, 5) is 0. The standard InChI is InChI=1S/C12H17N5OS/c1-9-8-10(13)4-5-11(9)12-14-15-16-17(12)6-3-7-19(2)18/h4-5,8H,3,6-7,13H2,1-2H3. The molecule has 0 spiro atoms. The Morgan fingerprint density at radius 1 is 1.42 bits per heavy atom. The summed E-state index contributed by atoms with van der Waals surface area (Å²) in [5.41, 5.74) is 8.47. The lowest BCUT2D eigenvalue weighted by molar-refractivity contribution is 0.583. The molecule has 19 heavy (non-hydrogen) atoms. The highest BCUT2D eigenvalue weighted by molar-refractivity contribution is 7.84. The van der Waals surface area contributed by atoms with Crippen LogP contribution in [-0.4, -0.2) is 36.4 Å². The Balaban J connectivity index is 2.21. The third-order valence-corrected chi connectivity index (χ3v) is 3.69. The van der Waals surface area contributed by atoms with E-state index < -0.39 is 10.8 Å². The summed E-state index contributed by atoms with van der Waals surface area (Å²) in [7, 11) is -0.784. The van der Waals surface area contributed by atoms with Gasteiger partial charge in [-0.1, -0.05) is 0 Å². The number of tetrazole rings is 1. The second-order valence-corrected chi connectivity index (χ2v) is 5.99. The number of benzene rings is 1. The molecule has 0 bridgehead atoms. The smallest absolute Gasteiger partial charge is 0.182 e. The number of aromatic nitrogens is 4. The molecule has 0 aliphatic carbocycles. The minimum atomic E-state index is -0.784. The molecular formula is C12H17N5OS. The number of hydrogen-bond acceptors (Lipinski definition) is 5. The van der Waals surface area contributed by atoms with Gasteiger partial charge in [0.05, 0.1) is 0 Å². The van der Waals surface area contributed by atoms with Crippen LogP contribution in [0.25, 0.3) is 11.4 Å². The highest BCUT2D eigenvalue weighted by atomic mass is 32.2. The number of nitrogens with two attached hydrogens (primary N) is 1. The number of nitrogens with zero attached hydrogens (tertiary/aromatic N) is 4. The highest BCUT2D eigenvalue weighted by Crippen LogP contribution is 2.22. The summed E-state index contributed by atoms with van der Waals surface area (Å²) in [6.45, 7) is 2.64. The summed E-state index contributed by atoms with van der Waals surface area (Å²) in [6.07, 6.45) is 2.49. The van der Waals surface area contributed by atoms with Gasteiger partial charge in [0.2, 0.25) is 0 Å². The Labute approximate surface area is 114 Å². The third kappa shape index (κ3) is 3.37. The first-order valence-electron chi connectivity index (χ1n) is 6.00.